The van der Waals surface area contributed by atoms with Gasteiger partial charge in [-0.05, 0) is 95.1 Å². The molecular weight excluding hydrogens is 637 g/mol. The van der Waals surface area contributed by atoms with Crippen molar-refractivity contribution in [2.45, 2.75) is 0 Å². The number of anilines is 3. The van der Waals surface area contributed by atoms with E-state index >= 15 is 0 Å². The van der Waals surface area contributed by atoms with Gasteiger partial charge in [-0.1, -0.05) is 121 Å². The van der Waals surface area contributed by atoms with Crippen molar-refractivity contribution >= 4 is 70.4 Å². The van der Waals surface area contributed by atoms with Crippen LogP contribution in [0.4, 0.5) is 17.1 Å². The van der Waals surface area contributed by atoms with Crippen LogP contribution in [0.2, 0.25) is 0 Å². The second-order valence-electron chi connectivity index (χ2n) is 13.0. The van der Waals surface area contributed by atoms with Crippen molar-refractivity contribution < 1.29 is 0 Å². The Bertz CT molecular complexity index is 2810. The minimum atomic E-state index is 1.11. The summed E-state index contributed by atoms with van der Waals surface area (Å²) in [5.41, 5.74) is 11.7. The number of benzene rings is 8. The van der Waals surface area contributed by atoms with Gasteiger partial charge in [0.15, 0.2) is 0 Å². The molecule has 3 heteroatoms. The highest BCUT2D eigenvalue weighted by molar-refractivity contribution is 7.25. The molecule has 10 rings (SSSR count). The van der Waals surface area contributed by atoms with Crippen LogP contribution in [0, 0.1) is 0 Å². The van der Waals surface area contributed by atoms with E-state index in [1.165, 1.54) is 64.2 Å². The average Bonchev–Trinajstić information content (AvgIpc) is 3.74. The average molecular weight is 669 g/mol. The first-order valence-electron chi connectivity index (χ1n) is 17.3. The van der Waals surface area contributed by atoms with Crippen molar-refractivity contribution in [1.29, 1.82) is 0 Å². The Morgan fingerprint density at radius 3 is 1.65 bits per heavy atom. The Hall–Kier alpha value is -6.42. The molecular formula is C48H32N2S. The smallest absolute Gasteiger partial charge is 0.0541 e. The predicted octanol–water partition coefficient (Wildman–Crippen LogP) is 14.0. The van der Waals surface area contributed by atoms with Gasteiger partial charge in [-0.3, -0.25) is 0 Å². The van der Waals surface area contributed by atoms with Gasteiger partial charge in [-0.15, -0.1) is 11.3 Å². The van der Waals surface area contributed by atoms with Gasteiger partial charge in [-0.2, -0.15) is 0 Å². The van der Waals surface area contributed by atoms with E-state index < -0.39 is 0 Å². The number of para-hydroxylation sites is 2. The molecule has 0 saturated carbocycles. The molecule has 0 spiro atoms. The van der Waals surface area contributed by atoms with E-state index in [9.17, 15) is 0 Å². The second-order valence-corrected chi connectivity index (χ2v) is 14.1. The predicted molar refractivity (Wildman–Crippen MR) is 219 cm³/mol. The summed E-state index contributed by atoms with van der Waals surface area (Å²) < 4.78 is 5.00. The SMILES string of the molecule is c1ccc(-c2ccc(N(c3cccc(-c4cccc(-n5c6ccccc6c6ccccc65)c4)c3)c3ccc4sc5ccccc5c4c3)cc2)cc1. The monoisotopic (exact) mass is 668 g/mol. The fourth-order valence-electron chi connectivity index (χ4n) is 7.58. The van der Waals surface area contributed by atoms with Crippen molar-refractivity contribution in [3.8, 4) is 27.9 Å². The van der Waals surface area contributed by atoms with Gasteiger partial charge < -0.3 is 9.47 Å². The molecule has 0 saturated heterocycles. The molecule has 2 aromatic heterocycles. The molecule has 0 aliphatic heterocycles. The summed E-state index contributed by atoms with van der Waals surface area (Å²) in [4.78, 5) is 2.39. The number of rotatable bonds is 6. The van der Waals surface area contributed by atoms with Crippen LogP contribution in [0.25, 0.3) is 69.9 Å². The van der Waals surface area contributed by atoms with Crippen molar-refractivity contribution in [2.24, 2.45) is 0 Å². The van der Waals surface area contributed by atoms with Crippen LogP contribution in [0.3, 0.4) is 0 Å². The molecule has 10 aromatic rings. The zero-order valence-electron chi connectivity index (χ0n) is 27.8. The van der Waals surface area contributed by atoms with Gasteiger partial charge in [0.05, 0.1) is 11.0 Å². The Balaban J connectivity index is 1.11. The van der Waals surface area contributed by atoms with E-state index in [0.29, 0.717) is 0 Å². The number of aromatic nitrogens is 1. The molecule has 0 amide bonds. The molecule has 0 atom stereocenters. The first-order valence-corrected chi connectivity index (χ1v) is 18.2. The van der Waals surface area contributed by atoms with Crippen LogP contribution in [0.1, 0.15) is 0 Å². The molecule has 0 N–H and O–H groups in total. The summed E-state index contributed by atoms with van der Waals surface area (Å²) >= 11 is 1.85. The Morgan fingerprint density at radius 2 is 0.882 bits per heavy atom. The van der Waals surface area contributed by atoms with E-state index in [-0.39, 0.29) is 0 Å². The summed E-state index contributed by atoms with van der Waals surface area (Å²) in [5, 5.41) is 5.12. The van der Waals surface area contributed by atoms with E-state index in [0.717, 1.165) is 22.7 Å². The third-order valence-electron chi connectivity index (χ3n) is 9.97. The summed E-state index contributed by atoms with van der Waals surface area (Å²) in [5.74, 6) is 0. The minimum Gasteiger partial charge on any atom is -0.310 e. The van der Waals surface area contributed by atoms with Crippen molar-refractivity contribution in [1.82, 2.24) is 4.57 Å². The molecule has 2 nitrogen and oxygen atoms in total. The summed E-state index contributed by atoms with van der Waals surface area (Å²) in [6.07, 6.45) is 0. The highest BCUT2D eigenvalue weighted by Gasteiger charge is 2.17. The van der Waals surface area contributed by atoms with E-state index in [2.05, 4.69) is 204 Å². The maximum atomic E-state index is 2.39. The largest absolute Gasteiger partial charge is 0.310 e. The van der Waals surface area contributed by atoms with E-state index in [1.807, 2.05) is 11.3 Å². The van der Waals surface area contributed by atoms with Gasteiger partial charge in [0, 0.05) is 53.7 Å². The number of fused-ring (bicyclic) bond motifs is 6. The number of hydrogen-bond donors (Lipinski definition) is 0. The number of hydrogen-bond acceptors (Lipinski definition) is 2. The molecule has 240 valence electrons. The fraction of sp³-hybridized carbons (Fsp3) is 0. The van der Waals surface area contributed by atoms with Gasteiger partial charge in [0.2, 0.25) is 0 Å². The Kier molecular flexibility index (Phi) is 7.04. The molecule has 0 radical (unpaired) electrons. The number of thiophene rings is 1. The first kappa shape index (κ1) is 29.5. The molecule has 8 aromatic carbocycles. The molecule has 0 fully saturated rings. The molecule has 0 aliphatic rings. The molecule has 2 heterocycles. The lowest BCUT2D eigenvalue weighted by Crippen LogP contribution is -2.10. The van der Waals surface area contributed by atoms with E-state index in [1.54, 1.807) is 0 Å². The van der Waals surface area contributed by atoms with Crippen LogP contribution < -0.4 is 4.90 Å². The Labute approximate surface area is 300 Å². The lowest BCUT2D eigenvalue weighted by atomic mass is 10.0. The van der Waals surface area contributed by atoms with Crippen molar-refractivity contribution in [3.05, 3.63) is 194 Å². The van der Waals surface area contributed by atoms with Crippen LogP contribution in [-0.4, -0.2) is 4.57 Å². The summed E-state index contributed by atoms with van der Waals surface area (Å²) in [7, 11) is 0. The van der Waals surface area contributed by atoms with Crippen molar-refractivity contribution in [3.63, 3.8) is 0 Å². The quantitative estimate of drug-likeness (QED) is 0.171. The lowest BCUT2D eigenvalue weighted by molar-refractivity contribution is 1.18. The molecule has 0 bridgehead atoms. The maximum absolute atomic E-state index is 2.39. The first-order chi connectivity index (χ1) is 25.3. The van der Waals surface area contributed by atoms with Crippen LogP contribution in [0.5, 0.6) is 0 Å². The fourth-order valence-corrected chi connectivity index (χ4v) is 8.67. The maximum Gasteiger partial charge on any atom is 0.0541 e. The lowest BCUT2D eigenvalue weighted by Gasteiger charge is -2.26. The standard InChI is InChI=1S/C48H32N2S/c1-2-12-33(13-3-1)34-24-26-37(27-25-34)49(40-28-29-48-44(32-40)43-20-6-9-23-47(43)51-48)38-16-10-14-35(30-38)36-15-11-17-39(31-36)50-45-21-7-4-18-41(45)42-19-5-8-22-46(42)50/h1-32H. The van der Waals surface area contributed by atoms with Crippen molar-refractivity contribution in [2.75, 3.05) is 4.90 Å². The topological polar surface area (TPSA) is 8.17 Å². The normalized spacial score (nSPS) is 11.5. The highest BCUT2D eigenvalue weighted by Crippen LogP contribution is 2.42. The zero-order valence-corrected chi connectivity index (χ0v) is 28.6. The Morgan fingerprint density at radius 1 is 0.333 bits per heavy atom. The molecule has 0 aliphatic carbocycles. The summed E-state index contributed by atoms with van der Waals surface area (Å²) in [6.45, 7) is 0. The highest BCUT2D eigenvalue weighted by atomic mass is 32.1. The molecule has 0 unspecified atom stereocenters. The third kappa shape index (κ3) is 5.10. The van der Waals surface area contributed by atoms with Crippen LogP contribution in [0.15, 0.2) is 194 Å². The third-order valence-corrected chi connectivity index (χ3v) is 11.1. The van der Waals surface area contributed by atoms with Crippen LogP contribution >= 0.6 is 11.3 Å². The van der Waals surface area contributed by atoms with Gasteiger partial charge in [0.25, 0.3) is 0 Å². The zero-order chi connectivity index (χ0) is 33.7. The van der Waals surface area contributed by atoms with Gasteiger partial charge >= 0.3 is 0 Å². The van der Waals surface area contributed by atoms with Gasteiger partial charge in [0.1, 0.15) is 0 Å². The van der Waals surface area contributed by atoms with E-state index in [4.69, 9.17) is 0 Å². The summed E-state index contributed by atoms with van der Waals surface area (Å²) in [6, 6.07) is 70.4. The van der Waals surface area contributed by atoms with Gasteiger partial charge in [-0.25, -0.2) is 0 Å². The van der Waals surface area contributed by atoms with Crippen LogP contribution in [-0.2, 0) is 0 Å². The molecule has 51 heavy (non-hydrogen) atoms. The number of nitrogens with zero attached hydrogens (tertiary/aromatic N) is 2. The minimum absolute atomic E-state index is 1.11. The second kappa shape index (κ2) is 12.2.